The standard InChI is InChI=1S/C28H35ClN4O4S/c1-19-4-5-24(29)18-27(19)30-12-14-31(15-13-30)28(35)22-8-10-32(11-9-22)38(36,37)25-6-7-26-23(17-25)16-20(2)33(26)21(3)34/h4-7,17-18,20,22H,8-16H2,1-3H3/t20-/m1/s1. The highest BCUT2D eigenvalue weighted by atomic mass is 35.5. The number of hydrogen-bond acceptors (Lipinski definition) is 5. The molecule has 0 N–H and O–H groups in total. The topological polar surface area (TPSA) is 81.2 Å². The van der Waals surface area contributed by atoms with Gasteiger partial charge in [-0.15, -0.1) is 0 Å². The number of sulfonamides is 1. The molecule has 0 spiro atoms. The number of anilines is 2. The Labute approximate surface area is 230 Å². The smallest absolute Gasteiger partial charge is 0.243 e. The zero-order chi connectivity index (χ0) is 27.2. The van der Waals surface area contributed by atoms with Gasteiger partial charge < -0.3 is 14.7 Å². The average Bonchev–Trinajstić information content (AvgIpc) is 3.25. The van der Waals surface area contributed by atoms with Crippen LogP contribution in [0, 0.1) is 12.8 Å². The van der Waals surface area contributed by atoms with Crippen LogP contribution >= 0.6 is 11.6 Å². The molecule has 10 heteroatoms. The van der Waals surface area contributed by atoms with Crippen molar-refractivity contribution in [3.05, 3.63) is 52.5 Å². The van der Waals surface area contributed by atoms with E-state index in [0.717, 1.165) is 35.6 Å². The Kier molecular flexibility index (Phi) is 7.46. The van der Waals surface area contributed by atoms with E-state index in [9.17, 15) is 18.0 Å². The summed E-state index contributed by atoms with van der Waals surface area (Å²) in [5, 5.41) is 0.707. The summed E-state index contributed by atoms with van der Waals surface area (Å²) in [4.78, 5) is 31.5. The number of nitrogens with zero attached hydrogens (tertiary/aromatic N) is 4. The Balaban J connectivity index is 1.18. The predicted octanol–water partition coefficient (Wildman–Crippen LogP) is 3.70. The number of fused-ring (bicyclic) bond motifs is 1. The number of carbonyl (C=O) groups excluding carboxylic acids is 2. The Hall–Kier alpha value is -2.62. The van der Waals surface area contributed by atoms with Crippen molar-refractivity contribution in [1.82, 2.24) is 9.21 Å². The fourth-order valence-electron chi connectivity index (χ4n) is 6.09. The maximum atomic E-state index is 13.4. The molecule has 5 rings (SSSR count). The molecule has 3 aliphatic heterocycles. The molecule has 0 bridgehead atoms. The van der Waals surface area contributed by atoms with Crippen molar-refractivity contribution in [2.45, 2.75) is 51.0 Å². The van der Waals surface area contributed by atoms with Crippen LogP contribution < -0.4 is 9.80 Å². The van der Waals surface area contributed by atoms with Gasteiger partial charge in [-0.1, -0.05) is 17.7 Å². The zero-order valence-corrected chi connectivity index (χ0v) is 23.8. The second kappa shape index (κ2) is 10.5. The molecule has 3 aliphatic rings. The zero-order valence-electron chi connectivity index (χ0n) is 22.2. The van der Waals surface area contributed by atoms with Crippen molar-refractivity contribution in [1.29, 1.82) is 0 Å². The third-order valence-electron chi connectivity index (χ3n) is 8.15. The van der Waals surface area contributed by atoms with Crippen LogP contribution in [0.4, 0.5) is 11.4 Å². The number of amides is 2. The second-order valence-corrected chi connectivity index (χ2v) is 13.0. The molecule has 2 fully saturated rings. The summed E-state index contributed by atoms with van der Waals surface area (Å²) < 4.78 is 28.3. The van der Waals surface area contributed by atoms with Crippen LogP contribution in [0.15, 0.2) is 41.3 Å². The minimum absolute atomic E-state index is 0.0126. The number of halogens is 1. The first-order valence-corrected chi connectivity index (χ1v) is 15.1. The summed E-state index contributed by atoms with van der Waals surface area (Å²) in [6.45, 7) is 9.01. The highest BCUT2D eigenvalue weighted by molar-refractivity contribution is 7.89. The molecule has 0 aromatic heterocycles. The van der Waals surface area contributed by atoms with Crippen molar-refractivity contribution in [2.24, 2.45) is 5.92 Å². The second-order valence-electron chi connectivity index (χ2n) is 10.7. The molecule has 204 valence electrons. The highest BCUT2D eigenvalue weighted by Gasteiger charge is 2.36. The van der Waals surface area contributed by atoms with E-state index in [1.807, 2.05) is 30.0 Å². The molecule has 2 amide bonds. The third-order valence-corrected chi connectivity index (χ3v) is 10.3. The Morgan fingerprint density at radius 2 is 1.61 bits per heavy atom. The van der Waals surface area contributed by atoms with Crippen LogP contribution in [0.2, 0.25) is 5.02 Å². The molecule has 0 aliphatic carbocycles. The van der Waals surface area contributed by atoms with Crippen molar-refractivity contribution >= 4 is 44.8 Å². The molecule has 0 unspecified atom stereocenters. The summed E-state index contributed by atoms with van der Waals surface area (Å²) in [7, 11) is -3.67. The van der Waals surface area contributed by atoms with Gasteiger partial charge in [0.25, 0.3) is 0 Å². The van der Waals surface area contributed by atoms with Gasteiger partial charge >= 0.3 is 0 Å². The molecule has 2 saturated heterocycles. The maximum absolute atomic E-state index is 13.4. The van der Waals surface area contributed by atoms with Crippen LogP contribution in [0.1, 0.15) is 37.8 Å². The fraction of sp³-hybridized carbons (Fsp3) is 0.500. The van der Waals surface area contributed by atoms with Crippen LogP contribution in [-0.4, -0.2) is 74.7 Å². The van der Waals surface area contributed by atoms with Crippen LogP contribution in [0.25, 0.3) is 0 Å². The van der Waals surface area contributed by atoms with Gasteiger partial charge in [0.1, 0.15) is 0 Å². The third kappa shape index (κ3) is 5.03. The molecule has 2 aromatic rings. The Morgan fingerprint density at radius 1 is 0.921 bits per heavy atom. The van der Waals surface area contributed by atoms with E-state index in [1.165, 1.54) is 11.2 Å². The van der Waals surface area contributed by atoms with E-state index < -0.39 is 10.0 Å². The largest absolute Gasteiger partial charge is 0.368 e. The lowest BCUT2D eigenvalue weighted by molar-refractivity contribution is -0.137. The van der Waals surface area contributed by atoms with Gasteiger partial charge in [0, 0.05) is 74.5 Å². The monoisotopic (exact) mass is 558 g/mol. The highest BCUT2D eigenvalue weighted by Crippen LogP contribution is 2.35. The number of piperazine rings is 1. The lowest BCUT2D eigenvalue weighted by Gasteiger charge is -2.39. The average molecular weight is 559 g/mol. The number of benzene rings is 2. The number of aryl methyl sites for hydroxylation is 1. The van der Waals surface area contributed by atoms with Crippen LogP contribution in [0.5, 0.6) is 0 Å². The lowest BCUT2D eigenvalue weighted by Crippen LogP contribution is -2.52. The summed E-state index contributed by atoms with van der Waals surface area (Å²) in [6, 6.07) is 10.9. The first kappa shape index (κ1) is 27.0. The molecule has 2 aromatic carbocycles. The normalized spacial score (nSPS) is 21.1. The SMILES string of the molecule is CC(=O)N1c2ccc(S(=O)(=O)N3CCC(C(=O)N4CCN(c5cc(Cl)ccc5C)CC4)CC3)cc2C[C@H]1C. The van der Waals surface area contributed by atoms with Crippen molar-refractivity contribution < 1.29 is 18.0 Å². The van der Waals surface area contributed by atoms with Gasteiger partial charge in [-0.25, -0.2) is 8.42 Å². The van der Waals surface area contributed by atoms with Crippen molar-refractivity contribution in [3.8, 4) is 0 Å². The van der Waals surface area contributed by atoms with Crippen molar-refractivity contribution in [2.75, 3.05) is 49.1 Å². The Bertz CT molecular complexity index is 1350. The molecule has 0 saturated carbocycles. The number of piperidine rings is 1. The van der Waals surface area contributed by atoms with Gasteiger partial charge in [0.15, 0.2) is 0 Å². The van der Waals surface area contributed by atoms with Gasteiger partial charge in [-0.05, 0) is 74.6 Å². The first-order chi connectivity index (χ1) is 18.1. The van der Waals surface area contributed by atoms with Crippen molar-refractivity contribution in [3.63, 3.8) is 0 Å². The number of hydrogen-bond donors (Lipinski definition) is 0. The van der Waals surface area contributed by atoms with Crippen LogP contribution in [-0.2, 0) is 26.0 Å². The van der Waals surface area contributed by atoms with Gasteiger partial charge in [-0.2, -0.15) is 4.31 Å². The summed E-state index contributed by atoms with van der Waals surface area (Å²) in [5.41, 5.74) is 3.94. The first-order valence-electron chi connectivity index (χ1n) is 13.3. The summed E-state index contributed by atoms with van der Waals surface area (Å²) in [6.07, 6.45) is 1.68. The lowest BCUT2D eigenvalue weighted by atomic mass is 9.96. The summed E-state index contributed by atoms with van der Waals surface area (Å²) in [5.74, 6) is -0.0779. The molecule has 38 heavy (non-hydrogen) atoms. The molecule has 0 radical (unpaired) electrons. The van der Waals surface area contributed by atoms with Gasteiger partial charge in [0.2, 0.25) is 21.8 Å². The minimum atomic E-state index is -3.67. The molecule has 1 atom stereocenters. The fourth-order valence-corrected chi connectivity index (χ4v) is 7.78. The number of rotatable bonds is 4. The minimum Gasteiger partial charge on any atom is -0.368 e. The Morgan fingerprint density at radius 3 is 2.26 bits per heavy atom. The predicted molar refractivity (Wildman–Crippen MR) is 149 cm³/mol. The van der Waals surface area contributed by atoms with E-state index in [1.54, 1.807) is 23.1 Å². The molecular formula is C28H35ClN4O4S. The van der Waals surface area contributed by atoms with E-state index >= 15 is 0 Å². The van der Waals surface area contributed by atoms with Gasteiger partial charge in [-0.3, -0.25) is 9.59 Å². The van der Waals surface area contributed by atoms with Crippen LogP contribution in [0.3, 0.4) is 0 Å². The number of carbonyl (C=O) groups is 2. The van der Waals surface area contributed by atoms with E-state index in [4.69, 9.17) is 11.6 Å². The van der Waals surface area contributed by atoms with Gasteiger partial charge in [0.05, 0.1) is 4.90 Å². The summed E-state index contributed by atoms with van der Waals surface area (Å²) >= 11 is 6.20. The van der Waals surface area contributed by atoms with E-state index in [-0.39, 0.29) is 28.7 Å². The molecular weight excluding hydrogens is 524 g/mol. The van der Waals surface area contributed by atoms with E-state index in [2.05, 4.69) is 11.8 Å². The molecule has 8 nitrogen and oxygen atoms in total. The van der Waals surface area contributed by atoms with E-state index in [0.29, 0.717) is 50.5 Å². The quantitative estimate of drug-likeness (QED) is 0.572. The molecule has 3 heterocycles. The maximum Gasteiger partial charge on any atom is 0.243 e.